The van der Waals surface area contributed by atoms with Gasteiger partial charge in [0.25, 0.3) is 0 Å². The van der Waals surface area contributed by atoms with Crippen molar-refractivity contribution >= 4 is 17.9 Å². The first-order chi connectivity index (χ1) is 8.38. The van der Waals surface area contributed by atoms with Gasteiger partial charge < -0.3 is 32.4 Å². The predicted molar refractivity (Wildman–Crippen MR) is 61.6 cm³/mol. The lowest BCUT2D eigenvalue weighted by atomic mass is 10.2. The lowest BCUT2D eigenvalue weighted by Crippen LogP contribution is -2.42. The average molecular weight is 259 g/mol. The molecule has 1 aliphatic heterocycles. The molecule has 0 radical (unpaired) electrons. The van der Waals surface area contributed by atoms with Crippen molar-refractivity contribution in [2.75, 3.05) is 6.54 Å². The molecule has 0 aromatic rings. The molecule has 1 fully saturated rings. The SMILES string of the molecule is NCCCC1(N=C(N)N)OC(=O)CC(N)C(=O)O1. The van der Waals surface area contributed by atoms with Crippen molar-refractivity contribution in [2.24, 2.45) is 27.9 Å². The smallest absolute Gasteiger partial charge is 0.363 e. The number of rotatable bonds is 4. The second-order valence-electron chi connectivity index (χ2n) is 3.85. The maximum absolute atomic E-state index is 11.6. The van der Waals surface area contributed by atoms with Crippen LogP contribution in [0, 0.1) is 0 Å². The maximum Gasteiger partial charge on any atom is 0.363 e. The van der Waals surface area contributed by atoms with Crippen molar-refractivity contribution in [3.05, 3.63) is 0 Å². The summed E-state index contributed by atoms with van der Waals surface area (Å²) in [5.41, 5.74) is 21.3. The van der Waals surface area contributed by atoms with Crippen molar-refractivity contribution in [1.82, 2.24) is 0 Å². The zero-order valence-corrected chi connectivity index (χ0v) is 9.80. The summed E-state index contributed by atoms with van der Waals surface area (Å²) in [6, 6.07) is -1.09. The Balaban J connectivity index is 3.02. The van der Waals surface area contributed by atoms with Crippen molar-refractivity contribution in [3.8, 4) is 0 Å². The number of cyclic esters (lactones) is 2. The van der Waals surface area contributed by atoms with Gasteiger partial charge >= 0.3 is 17.8 Å². The summed E-state index contributed by atoms with van der Waals surface area (Å²) < 4.78 is 9.97. The fraction of sp³-hybridized carbons (Fsp3) is 0.667. The normalized spacial score (nSPS) is 28.0. The monoisotopic (exact) mass is 259 g/mol. The lowest BCUT2D eigenvalue weighted by Gasteiger charge is -2.26. The number of hydrogen-bond acceptors (Lipinski definition) is 7. The summed E-state index contributed by atoms with van der Waals surface area (Å²) >= 11 is 0. The van der Waals surface area contributed by atoms with Gasteiger partial charge in [0, 0.05) is 0 Å². The summed E-state index contributed by atoms with van der Waals surface area (Å²) in [6.45, 7) is 0.295. The molecule has 18 heavy (non-hydrogen) atoms. The zero-order chi connectivity index (χ0) is 13.8. The molecule has 0 saturated carbocycles. The standard InChI is InChI=1S/C9H17N5O4/c10-3-1-2-9(14-8(12)13)17-6(15)4-5(11)7(16)18-9/h5H,1-4,10-11H2,(H4,12,13,14). The van der Waals surface area contributed by atoms with Crippen LogP contribution >= 0.6 is 0 Å². The first kappa shape index (κ1) is 14.2. The molecule has 0 amide bonds. The molecule has 0 aromatic carbocycles. The quantitative estimate of drug-likeness (QED) is 0.243. The van der Waals surface area contributed by atoms with Gasteiger partial charge in [0.05, 0.1) is 12.8 Å². The molecular weight excluding hydrogens is 242 g/mol. The van der Waals surface area contributed by atoms with Gasteiger partial charge in [-0.25, -0.2) is 0 Å². The van der Waals surface area contributed by atoms with Crippen molar-refractivity contribution in [3.63, 3.8) is 0 Å². The molecule has 1 saturated heterocycles. The molecule has 2 atom stereocenters. The van der Waals surface area contributed by atoms with E-state index in [0.717, 1.165) is 0 Å². The third kappa shape index (κ3) is 3.57. The predicted octanol–water partition coefficient (Wildman–Crippen LogP) is -2.53. The Morgan fingerprint density at radius 3 is 2.61 bits per heavy atom. The van der Waals surface area contributed by atoms with Crippen LogP contribution in [0.25, 0.3) is 0 Å². The van der Waals surface area contributed by atoms with Crippen molar-refractivity contribution in [2.45, 2.75) is 31.2 Å². The fourth-order valence-electron chi connectivity index (χ4n) is 1.46. The zero-order valence-electron chi connectivity index (χ0n) is 9.80. The van der Waals surface area contributed by atoms with Gasteiger partial charge in [-0.3, -0.25) is 9.59 Å². The number of carbonyl (C=O) groups excluding carboxylic acids is 2. The highest BCUT2D eigenvalue weighted by Crippen LogP contribution is 2.26. The van der Waals surface area contributed by atoms with E-state index in [0.29, 0.717) is 13.0 Å². The lowest BCUT2D eigenvalue weighted by molar-refractivity contribution is -0.221. The van der Waals surface area contributed by atoms with E-state index in [9.17, 15) is 9.59 Å². The van der Waals surface area contributed by atoms with Gasteiger partial charge in [0.15, 0.2) is 5.96 Å². The minimum atomic E-state index is -1.86. The molecule has 0 aliphatic carbocycles. The van der Waals surface area contributed by atoms with Gasteiger partial charge in [-0.2, -0.15) is 4.99 Å². The Kier molecular flexibility index (Phi) is 4.45. The third-order valence-electron chi connectivity index (χ3n) is 2.22. The molecular formula is C9H17N5O4. The van der Waals surface area contributed by atoms with E-state index in [4.69, 9.17) is 32.4 Å². The maximum atomic E-state index is 11.6. The molecule has 9 heteroatoms. The largest absolute Gasteiger partial charge is 0.402 e. The van der Waals surface area contributed by atoms with Crippen LogP contribution in [0.15, 0.2) is 4.99 Å². The van der Waals surface area contributed by atoms with Crippen molar-refractivity contribution < 1.29 is 19.1 Å². The average Bonchev–Trinajstić information content (AvgIpc) is 2.33. The first-order valence-corrected chi connectivity index (χ1v) is 5.39. The highest BCUT2D eigenvalue weighted by atomic mass is 16.8. The van der Waals surface area contributed by atoms with E-state index in [-0.39, 0.29) is 18.8 Å². The van der Waals surface area contributed by atoms with Crippen LogP contribution in [-0.2, 0) is 19.1 Å². The number of guanidine groups is 1. The van der Waals surface area contributed by atoms with Crippen molar-refractivity contribution in [1.29, 1.82) is 0 Å². The molecule has 2 unspecified atom stereocenters. The van der Waals surface area contributed by atoms with Gasteiger partial charge in [-0.05, 0) is 13.0 Å². The molecule has 9 nitrogen and oxygen atoms in total. The summed E-state index contributed by atoms with van der Waals surface area (Å²) in [7, 11) is 0. The van der Waals surface area contributed by atoms with Crippen LogP contribution < -0.4 is 22.9 Å². The van der Waals surface area contributed by atoms with E-state index in [1.807, 2.05) is 0 Å². The van der Waals surface area contributed by atoms with E-state index in [1.165, 1.54) is 0 Å². The molecule has 1 rings (SSSR count). The van der Waals surface area contributed by atoms with Crippen LogP contribution in [0.2, 0.25) is 0 Å². The van der Waals surface area contributed by atoms with E-state index >= 15 is 0 Å². The Morgan fingerprint density at radius 2 is 2.06 bits per heavy atom. The van der Waals surface area contributed by atoms with Crippen LogP contribution in [-0.4, -0.2) is 36.4 Å². The minimum Gasteiger partial charge on any atom is -0.402 e. The first-order valence-electron chi connectivity index (χ1n) is 5.39. The van der Waals surface area contributed by atoms with Crippen LogP contribution in [0.3, 0.4) is 0 Å². The number of ether oxygens (including phenoxy) is 2. The molecule has 102 valence electrons. The number of aliphatic imine (C=N–C) groups is 1. The number of carbonyl (C=O) groups is 2. The minimum absolute atomic E-state index is 0.0611. The highest BCUT2D eigenvalue weighted by molar-refractivity contribution is 5.85. The Labute approximate surface area is 103 Å². The van der Waals surface area contributed by atoms with Crippen LogP contribution in [0.5, 0.6) is 0 Å². The number of nitrogens with zero attached hydrogens (tertiary/aromatic N) is 1. The second kappa shape index (κ2) is 5.65. The van der Waals surface area contributed by atoms with E-state index in [1.54, 1.807) is 0 Å². The summed E-state index contributed by atoms with van der Waals surface area (Å²) in [5, 5.41) is 0. The molecule has 1 aliphatic rings. The van der Waals surface area contributed by atoms with Crippen LogP contribution in [0.4, 0.5) is 0 Å². The number of hydrogen-bond donors (Lipinski definition) is 4. The fourth-order valence-corrected chi connectivity index (χ4v) is 1.46. The topological polar surface area (TPSA) is 169 Å². The Hall–Kier alpha value is -1.87. The molecule has 1 heterocycles. The van der Waals surface area contributed by atoms with E-state index < -0.39 is 23.9 Å². The molecule has 0 bridgehead atoms. The van der Waals surface area contributed by atoms with Gasteiger partial charge in [0.2, 0.25) is 0 Å². The molecule has 0 spiro atoms. The Morgan fingerprint density at radius 1 is 1.39 bits per heavy atom. The van der Waals surface area contributed by atoms with E-state index in [2.05, 4.69) is 4.99 Å². The van der Waals surface area contributed by atoms with Gasteiger partial charge in [-0.1, -0.05) is 0 Å². The number of esters is 2. The summed E-state index contributed by atoms with van der Waals surface area (Å²) in [5.74, 6) is -3.75. The van der Waals surface area contributed by atoms with Gasteiger partial charge in [-0.15, -0.1) is 0 Å². The Bertz CT molecular complexity index is 368. The molecule has 8 N–H and O–H groups in total. The third-order valence-corrected chi connectivity index (χ3v) is 2.22. The summed E-state index contributed by atoms with van der Waals surface area (Å²) in [4.78, 5) is 26.7. The molecule has 0 aromatic heterocycles. The van der Waals surface area contributed by atoms with Crippen LogP contribution in [0.1, 0.15) is 19.3 Å². The second-order valence-corrected chi connectivity index (χ2v) is 3.85. The number of nitrogens with two attached hydrogens (primary N) is 4. The summed E-state index contributed by atoms with van der Waals surface area (Å²) in [6.07, 6.45) is 0.168. The van der Waals surface area contributed by atoms with Gasteiger partial charge in [0.1, 0.15) is 6.04 Å². The highest BCUT2D eigenvalue weighted by Gasteiger charge is 2.43.